The molecule has 0 N–H and O–H groups in total. The molecular formula is C15H21N5O2S. The van der Waals surface area contributed by atoms with E-state index in [1.807, 2.05) is 25.7 Å². The topological polar surface area (TPSA) is 63.5 Å². The van der Waals surface area contributed by atoms with Gasteiger partial charge < -0.3 is 14.5 Å². The van der Waals surface area contributed by atoms with Crippen molar-refractivity contribution in [3.63, 3.8) is 0 Å². The van der Waals surface area contributed by atoms with Gasteiger partial charge in [0.1, 0.15) is 5.60 Å². The number of hydrogen-bond acceptors (Lipinski definition) is 6. The minimum atomic E-state index is -0.311. The van der Waals surface area contributed by atoms with Crippen molar-refractivity contribution in [3.8, 4) is 0 Å². The van der Waals surface area contributed by atoms with E-state index in [0.717, 1.165) is 53.5 Å². The lowest BCUT2D eigenvalue weighted by atomic mass is 9.95. The van der Waals surface area contributed by atoms with E-state index >= 15 is 0 Å². The number of aryl methyl sites for hydroxylation is 2. The first-order valence-electron chi connectivity index (χ1n) is 7.97. The molecule has 1 amide bonds. The normalized spacial score (nSPS) is 25.4. The van der Waals surface area contributed by atoms with Gasteiger partial charge in [-0.05, 0) is 19.8 Å². The van der Waals surface area contributed by atoms with Crippen LogP contribution in [0.1, 0.15) is 25.0 Å². The van der Waals surface area contributed by atoms with E-state index in [2.05, 4.69) is 10.00 Å². The zero-order chi connectivity index (χ0) is 16.2. The van der Waals surface area contributed by atoms with Crippen LogP contribution in [0.2, 0.25) is 0 Å². The van der Waals surface area contributed by atoms with Crippen LogP contribution in [0.5, 0.6) is 0 Å². The van der Waals surface area contributed by atoms with Crippen LogP contribution in [0.3, 0.4) is 0 Å². The Kier molecular flexibility index (Phi) is 3.26. The van der Waals surface area contributed by atoms with Crippen LogP contribution in [0.15, 0.2) is 0 Å². The fraction of sp³-hybridized carbons (Fsp3) is 0.667. The number of fused-ring (bicyclic) bond motifs is 1. The highest BCUT2D eigenvalue weighted by Gasteiger charge is 2.44. The molecule has 1 unspecified atom stereocenters. The zero-order valence-electron chi connectivity index (χ0n) is 13.7. The molecule has 4 rings (SSSR count). The monoisotopic (exact) mass is 335 g/mol. The highest BCUT2D eigenvalue weighted by molar-refractivity contribution is 7.22. The maximum atomic E-state index is 11.7. The predicted octanol–water partition coefficient (Wildman–Crippen LogP) is 2.15. The zero-order valence-corrected chi connectivity index (χ0v) is 14.5. The number of ether oxygens (including phenoxy) is 1. The Balaban J connectivity index is 1.56. The summed E-state index contributed by atoms with van der Waals surface area (Å²) in [6.07, 6.45) is 2.59. The molecule has 0 bridgehead atoms. The molecule has 1 atom stereocenters. The van der Waals surface area contributed by atoms with Crippen molar-refractivity contribution in [2.45, 2.75) is 31.8 Å². The molecule has 0 aromatic carbocycles. The number of nitrogens with zero attached hydrogens (tertiary/aromatic N) is 5. The van der Waals surface area contributed by atoms with Crippen molar-refractivity contribution in [1.29, 1.82) is 0 Å². The van der Waals surface area contributed by atoms with Crippen LogP contribution in [-0.4, -0.2) is 58.0 Å². The molecule has 0 radical (unpaired) electrons. The number of likely N-dealkylation sites (N-methyl/N-ethyl adjacent to an activating group) is 1. The van der Waals surface area contributed by atoms with Gasteiger partial charge in [-0.3, -0.25) is 0 Å². The fourth-order valence-corrected chi connectivity index (χ4v) is 4.70. The molecule has 23 heavy (non-hydrogen) atoms. The number of aromatic nitrogens is 3. The maximum Gasteiger partial charge on any atom is 0.410 e. The Morgan fingerprint density at radius 2 is 2.09 bits per heavy atom. The maximum absolute atomic E-state index is 11.7. The van der Waals surface area contributed by atoms with Crippen molar-refractivity contribution >= 4 is 32.9 Å². The number of hydrogen-bond donors (Lipinski definition) is 0. The third kappa shape index (κ3) is 2.36. The second-order valence-electron chi connectivity index (χ2n) is 6.61. The number of carbonyl (C=O) groups excluding carboxylic acids is 1. The lowest BCUT2D eigenvalue weighted by Crippen LogP contribution is -2.35. The second-order valence-corrected chi connectivity index (χ2v) is 7.58. The van der Waals surface area contributed by atoms with E-state index in [4.69, 9.17) is 9.72 Å². The molecule has 2 aliphatic rings. The van der Waals surface area contributed by atoms with Gasteiger partial charge in [0, 0.05) is 33.6 Å². The number of thiazole rings is 1. The number of anilines is 1. The van der Waals surface area contributed by atoms with Crippen molar-refractivity contribution < 1.29 is 9.53 Å². The summed E-state index contributed by atoms with van der Waals surface area (Å²) in [6, 6.07) is 0. The van der Waals surface area contributed by atoms with Crippen LogP contribution in [0.4, 0.5) is 9.93 Å². The largest absolute Gasteiger partial charge is 0.441 e. The lowest BCUT2D eigenvalue weighted by Gasteiger charge is -2.25. The smallest absolute Gasteiger partial charge is 0.410 e. The molecule has 2 aromatic rings. The van der Waals surface area contributed by atoms with Gasteiger partial charge in [0.05, 0.1) is 16.9 Å². The summed E-state index contributed by atoms with van der Waals surface area (Å²) < 4.78 is 8.68. The molecule has 0 saturated carbocycles. The molecule has 2 saturated heterocycles. The van der Waals surface area contributed by atoms with Gasteiger partial charge >= 0.3 is 6.09 Å². The summed E-state index contributed by atoms with van der Waals surface area (Å²) in [4.78, 5) is 20.5. The third-order valence-corrected chi connectivity index (χ3v) is 6.06. The van der Waals surface area contributed by atoms with E-state index in [-0.39, 0.29) is 11.7 Å². The second kappa shape index (κ2) is 5.09. The van der Waals surface area contributed by atoms with E-state index < -0.39 is 0 Å². The molecule has 2 fully saturated rings. The Morgan fingerprint density at radius 3 is 2.78 bits per heavy atom. The Hall–Kier alpha value is -1.83. The van der Waals surface area contributed by atoms with Crippen molar-refractivity contribution in [3.05, 3.63) is 5.69 Å². The highest BCUT2D eigenvalue weighted by atomic mass is 32.1. The van der Waals surface area contributed by atoms with E-state index in [0.29, 0.717) is 6.54 Å². The lowest BCUT2D eigenvalue weighted by molar-refractivity contribution is 0.0473. The summed E-state index contributed by atoms with van der Waals surface area (Å²) in [6.45, 7) is 4.54. The third-order valence-electron chi connectivity index (χ3n) is 4.84. The van der Waals surface area contributed by atoms with Crippen LogP contribution in [0.25, 0.3) is 10.3 Å². The summed E-state index contributed by atoms with van der Waals surface area (Å²) in [5.74, 6) is 0. The first kappa shape index (κ1) is 14.7. The molecule has 124 valence electrons. The van der Waals surface area contributed by atoms with Crippen molar-refractivity contribution in [2.75, 3.05) is 31.6 Å². The number of rotatable bonds is 1. The van der Waals surface area contributed by atoms with E-state index in [1.165, 1.54) is 0 Å². The molecule has 8 heteroatoms. The van der Waals surface area contributed by atoms with Gasteiger partial charge in [-0.2, -0.15) is 5.10 Å². The van der Waals surface area contributed by atoms with Crippen molar-refractivity contribution in [2.24, 2.45) is 7.05 Å². The van der Waals surface area contributed by atoms with Gasteiger partial charge in [-0.1, -0.05) is 11.3 Å². The van der Waals surface area contributed by atoms with Crippen LogP contribution >= 0.6 is 11.3 Å². The van der Waals surface area contributed by atoms with Gasteiger partial charge in [0.2, 0.25) is 0 Å². The Bertz CT molecular complexity index is 735. The predicted molar refractivity (Wildman–Crippen MR) is 89.0 cm³/mol. The average Bonchev–Trinajstić information content (AvgIpc) is 3.07. The number of carbonyl (C=O) groups is 1. The van der Waals surface area contributed by atoms with Gasteiger partial charge in [-0.15, -0.1) is 0 Å². The van der Waals surface area contributed by atoms with Gasteiger partial charge in [0.25, 0.3) is 0 Å². The Labute approximate surface area is 138 Å². The summed E-state index contributed by atoms with van der Waals surface area (Å²) in [5.41, 5.74) is 1.67. The van der Waals surface area contributed by atoms with E-state index in [1.54, 1.807) is 16.2 Å². The van der Waals surface area contributed by atoms with Crippen LogP contribution in [-0.2, 0) is 11.8 Å². The van der Waals surface area contributed by atoms with Crippen molar-refractivity contribution in [1.82, 2.24) is 19.7 Å². The molecular weight excluding hydrogens is 314 g/mol. The minimum Gasteiger partial charge on any atom is -0.441 e. The molecule has 7 nitrogen and oxygen atoms in total. The molecule has 2 aliphatic heterocycles. The van der Waals surface area contributed by atoms with E-state index in [9.17, 15) is 4.79 Å². The first-order valence-corrected chi connectivity index (χ1v) is 8.78. The summed E-state index contributed by atoms with van der Waals surface area (Å²) >= 11 is 1.71. The molecule has 2 aromatic heterocycles. The van der Waals surface area contributed by atoms with Crippen LogP contribution in [0, 0.1) is 6.92 Å². The average molecular weight is 335 g/mol. The standard InChI is InChI=1S/C15H21N5O2S/c1-10-11-12(19(3)17-10)16-13(23-11)20-7-4-5-15(6-8-20)9-18(2)14(21)22-15/h4-9H2,1-3H3. The fourth-order valence-electron chi connectivity index (χ4n) is 3.62. The Morgan fingerprint density at radius 1 is 1.26 bits per heavy atom. The number of amides is 1. The SMILES string of the molecule is Cc1nn(C)c2nc(N3CCCC4(CC3)CN(C)C(=O)O4)sc12. The first-order chi connectivity index (χ1) is 11.0. The molecule has 0 aliphatic carbocycles. The molecule has 4 heterocycles. The minimum absolute atomic E-state index is 0.194. The van der Waals surface area contributed by atoms with Gasteiger partial charge in [-0.25, -0.2) is 14.5 Å². The van der Waals surface area contributed by atoms with Gasteiger partial charge in [0.15, 0.2) is 10.8 Å². The summed E-state index contributed by atoms with van der Waals surface area (Å²) in [5, 5.41) is 5.46. The highest BCUT2D eigenvalue weighted by Crippen LogP contribution is 2.36. The molecule has 1 spiro atoms. The summed E-state index contributed by atoms with van der Waals surface area (Å²) in [7, 11) is 3.74. The van der Waals surface area contributed by atoms with Crippen LogP contribution < -0.4 is 4.90 Å². The quantitative estimate of drug-likeness (QED) is 0.799.